The van der Waals surface area contributed by atoms with Crippen molar-refractivity contribution in [1.29, 1.82) is 0 Å². The Kier molecular flexibility index (Phi) is 9.18. The number of carbonyl (C=O) groups excluding carboxylic acids is 2. The smallest absolute Gasteiger partial charge is 0.317 e. The lowest BCUT2D eigenvalue weighted by Crippen LogP contribution is -2.49. The van der Waals surface area contributed by atoms with Crippen molar-refractivity contribution in [1.82, 2.24) is 20.1 Å². The van der Waals surface area contributed by atoms with Gasteiger partial charge in [0.1, 0.15) is 6.54 Å². The number of hydrogen-bond acceptors (Lipinski definition) is 5. The minimum Gasteiger partial charge on any atom is -0.379 e. The molecular weight excluding hydrogens is 490 g/mol. The number of hydrazone groups is 1. The molecule has 4 rings (SSSR count). The van der Waals surface area contributed by atoms with Gasteiger partial charge in [-0.25, -0.2) is 9.80 Å². The van der Waals surface area contributed by atoms with Crippen molar-refractivity contribution >= 4 is 29.3 Å². The topological polar surface area (TPSA) is 77.5 Å². The minimum absolute atomic E-state index is 0.0516. The number of benzene rings is 2. The first kappa shape index (κ1) is 27.1. The van der Waals surface area contributed by atoms with E-state index in [0.717, 1.165) is 29.9 Å². The van der Waals surface area contributed by atoms with Gasteiger partial charge < -0.3 is 15.0 Å². The Morgan fingerprint density at radius 2 is 1.84 bits per heavy atom. The Balaban J connectivity index is 1.56. The van der Waals surface area contributed by atoms with Crippen LogP contribution >= 0.6 is 11.6 Å². The van der Waals surface area contributed by atoms with E-state index in [2.05, 4.69) is 42.3 Å². The molecule has 9 heteroatoms. The van der Waals surface area contributed by atoms with Gasteiger partial charge in [0, 0.05) is 44.2 Å². The number of hydrogen-bond donors (Lipinski definition) is 1. The summed E-state index contributed by atoms with van der Waals surface area (Å²) >= 11 is 6.13. The third-order valence-electron chi connectivity index (χ3n) is 6.99. The van der Waals surface area contributed by atoms with Crippen LogP contribution in [-0.2, 0) is 9.53 Å². The summed E-state index contributed by atoms with van der Waals surface area (Å²) in [4.78, 5) is 30.4. The van der Waals surface area contributed by atoms with Gasteiger partial charge in [-0.2, -0.15) is 5.10 Å². The number of ether oxygens (including phenoxy) is 1. The van der Waals surface area contributed by atoms with Crippen LogP contribution in [0.3, 0.4) is 0 Å². The molecule has 1 saturated heterocycles. The van der Waals surface area contributed by atoms with Crippen LogP contribution in [0.1, 0.15) is 41.6 Å². The molecule has 0 unspecified atom stereocenters. The average Bonchev–Trinajstić information content (AvgIpc) is 3.35. The largest absolute Gasteiger partial charge is 0.379 e. The third-order valence-corrected chi connectivity index (χ3v) is 7.24. The number of halogens is 1. The first-order chi connectivity index (χ1) is 17.9. The van der Waals surface area contributed by atoms with Crippen molar-refractivity contribution < 1.29 is 14.3 Å². The van der Waals surface area contributed by atoms with Crippen LogP contribution in [0, 0.1) is 13.8 Å². The van der Waals surface area contributed by atoms with Crippen molar-refractivity contribution in [2.75, 3.05) is 52.5 Å². The number of rotatable bonds is 8. The molecule has 2 aliphatic rings. The van der Waals surface area contributed by atoms with Crippen LogP contribution in [0.15, 0.2) is 47.6 Å². The van der Waals surface area contributed by atoms with Gasteiger partial charge in [0.25, 0.3) is 5.91 Å². The molecule has 37 heavy (non-hydrogen) atoms. The Hall–Kier alpha value is -2.94. The first-order valence-corrected chi connectivity index (χ1v) is 13.3. The van der Waals surface area contributed by atoms with E-state index in [-0.39, 0.29) is 24.5 Å². The van der Waals surface area contributed by atoms with Crippen molar-refractivity contribution in [3.8, 4) is 0 Å². The summed E-state index contributed by atoms with van der Waals surface area (Å²) in [6.07, 6.45) is 0.588. The maximum Gasteiger partial charge on any atom is 0.317 e. The molecule has 1 N–H and O–H groups in total. The number of nitrogens with one attached hydrogen (secondary N) is 1. The van der Waals surface area contributed by atoms with Crippen molar-refractivity contribution in [2.24, 2.45) is 5.10 Å². The zero-order valence-electron chi connectivity index (χ0n) is 21.9. The second-order valence-electron chi connectivity index (χ2n) is 9.57. The number of amides is 3. The summed E-state index contributed by atoms with van der Waals surface area (Å²) in [5.74, 6) is -0.216. The molecule has 0 aliphatic carbocycles. The van der Waals surface area contributed by atoms with Gasteiger partial charge in [-0.1, -0.05) is 35.9 Å². The SMILES string of the molecule is CCNC(=O)N(CCN1CCOCC1)CC(=O)N1N=C(c2ccc(C)c(C)c2)C[C@@H]1c1ccc(Cl)cc1. The lowest BCUT2D eigenvalue weighted by Gasteiger charge is -2.31. The molecule has 1 fully saturated rings. The van der Waals surface area contributed by atoms with Crippen LogP contribution in [0.4, 0.5) is 4.79 Å². The molecule has 0 saturated carbocycles. The summed E-state index contributed by atoms with van der Waals surface area (Å²) in [5, 5.41) is 9.84. The molecule has 1 atom stereocenters. The molecule has 198 valence electrons. The zero-order chi connectivity index (χ0) is 26.4. The number of nitrogens with zero attached hydrogens (tertiary/aromatic N) is 4. The van der Waals surface area contributed by atoms with Gasteiger partial charge in [0.05, 0.1) is 25.0 Å². The molecular formula is C28H36ClN5O3. The van der Waals surface area contributed by atoms with Crippen LogP contribution in [0.25, 0.3) is 0 Å². The van der Waals surface area contributed by atoms with Gasteiger partial charge in [0.2, 0.25) is 0 Å². The van der Waals surface area contributed by atoms with E-state index < -0.39 is 0 Å². The maximum atomic E-state index is 13.7. The molecule has 0 bridgehead atoms. The van der Waals surface area contributed by atoms with Crippen LogP contribution in [0.2, 0.25) is 5.02 Å². The summed E-state index contributed by atoms with van der Waals surface area (Å²) < 4.78 is 5.43. The molecule has 2 aromatic rings. The van der Waals surface area contributed by atoms with Gasteiger partial charge >= 0.3 is 6.03 Å². The van der Waals surface area contributed by atoms with Crippen LogP contribution in [-0.4, -0.2) is 84.9 Å². The molecule has 2 aromatic carbocycles. The predicted molar refractivity (Wildman–Crippen MR) is 146 cm³/mol. The van der Waals surface area contributed by atoms with Gasteiger partial charge in [-0.05, 0) is 61.2 Å². The molecule has 0 aromatic heterocycles. The molecule has 2 heterocycles. The lowest BCUT2D eigenvalue weighted by molar-refractivity contribution is -0.133. The van der Waals surface area contributed by atoms with Crippen LogP contribution in [0.5, 0.6) is 0 Å². The van der Waals surface area contributed by atoms with E-state index >= 15 is 0 Å². The molecule has 3 amide bonds. The van der Waals surface area contributed by atoms with E-state index in [1.165, 1.54) is 11.1 Å². The van der Waals surface area contributed by atoms with Crippen LogP contribution < -0.4 is 5.32 Å². The van der Waals surface area contributed by atoms with Crippen molar-refractivity contribution in [3.05, 3.63) is 69.7 Å². The third kappa shape index (κ3) is 6.89. The number of morpholine rings is 1. The fourth-order valence-electron chi connectivity index (χ4n) is 4.62. The Morgan fingerprint density at radius 1 is 1.11 bits per heavy atom. The molecule has 0 spiro atoms. The van der Waals surface area contributed by atoms with Gasteiger partial charge in [-0.15, -0.1) is 0 Å². The monoisotopic (exact) mass is 525 g/mol. The maximum absolute atomic E-state index is 13.7. The summed E-state index contributed by atoms with van der Waals surface area (Å²) in [6, 6.07) is 13.3. The first-order valence-electron chi connectivity index (χ1n) is 12.9. The highest BCUT2D eigenvalue weighted by molar-refractivity contribution is 6.30. The fraction of sp³-hybridized carbons (Fsp3) is 0.464. The Labute approximate surface area is 224 Å². The van der Waals surface area contributed by atoms with E-state index in [1.807, 2.05) is 31.2 Å². The molecule has 0 radical (unpaired) electrons. The predicted octanol–water partition coefficient (Wildman–Crippen LogP) is 4.00. The number of aryl methyl sites for hydroxylation is 2. The number of urea groups is 1. The summed E-state index contributed by atoms with van der Waals surface area (Å²) in [6.45, 7) is 10.6. The Morgan fingerprint density at radius 3 is 2.51 bits per heavy atom. The summed E-state index contributed by atoms with van der Waals surface area (Å²) in [7, 11) is 0. The van der Waals surface area contributed by atoms with E-state index in [4.69, 9.17) is 21.4 Å². The second kappa shape index (κ2) is 12.5. The molecule has 8 nitrogen and oxygen atoms in total. The highest BCUT2D eigenvalue weighted by Crippen LogP contribution is 2.34. The second-order valence-corrected chi connectivity index (χ2v) is 10.0. The minimum atomic E-state index is -0.267. The van der Waals surface area contributed by atoms with Gasteiger partial charge in [-0.3, -0.25) is 9.69 Å². The van der Waals surface area contributed by atoms with Crippen molar-refractivity contribution in [3.63, 3.8) is 0 Å². The number of carbonyl (C=O) groups is 2. The van der Waals surface area contributed by atoms with Crippen molar-refractivity contribution in [2.45, 2.75) is 33.2 Å². The summed E-state index contributed by atoms with van der Waals surface area (Å²) in [5.41, 5.74) is 5.21. The molecule has 2 aliphatic heterocycles. The normalized spacial score (nSPS) is 18.0. The standard InChI is InChI=1S/C28H36ClN5O3/c1-4-30-28(36)33(12-11-32-13-15-37-16-14-32)19-27(35)34-26(22-7-9-24(29)10-8-22)18-25(31-34)23-6-5-20(2)21(3)17-23/h5-10,17,26H,4,11-16,18-19H2,1-3H3,(H,30,36)/t26-/m1/s1. The van der Waals surface area contributed by atoms with E-state index in [0.29, 0.717) is 44.3 Å². The van der Waals surface area contributed by atoms with E-state index in [9.17, 15) is 9.59 Å². The average molecular weight is 526 g/mol. The fourth-order valence-corrected chi connectivity index (χ4v) is 4.74. The van der Waals surface area contributed by atoms with E-state index in [1.54, 1.807) is 9.91 Å². The Bertz CT molecular complexity index is 1130. The quantitative estimate of drug-likeness (QED) is 0.565. The highest BCUT2D eigenvalue weighted by Gasteiger charge is 2.34. The highest BCUT2D eigenvalue weighted by atomic mass is 35.5. The zero-order valence-corrected chi connectivity index (χ0v) is 22.6. The lowest BCUT2D eigenvalue weighted by atomic mass is 9.96. The van der Waals surface area contributed by atoms with Gasteiger partial charge in [0.15, 0.2) is 0 Å².